The first-order valence-corrected chi connectivity index (χ1v) is 23.1. The molecule has 2 aliphatic heterocycles. The van der Waals surface area contributed by atoms with E-state index < -0.39 is 0 Å². The van der Waals surface area contributed by atoms with Crippen LogP contribution >= 0.6 is 22.7 Å². The van der Waals surface area contributed by atoms with Crippen LogP contribution in [0.15, 0.2) is 84.9 Å². The van der Waals surface area contributed by atoms with E-state index >= 15 is 0 Å². The molecule has 8 bridgehead atoms. The molecule has 0 saturated heterocycles. The van der Waals surface area contributed by atoms with Crippen LogP contribution in [0, 0.1) is 62.2 Å². The highest BCUT2D eigenvalue weighted by atomic mass is 32.1. The van der Waals surface area contributed by atoms with Gasteiger partial charge in [-0.15, -0.1) is 22.7 Å². The summed E-state index contributed by atoms with van der Waals surface area (Å²) in [6, 6.07) is 30.7. The van der Waals surface area contributed by atoms with Gasteiger partial charge < -0.3 is 9.80 Å². The third-order valence-electron chi connectivity index (χ3n) is 11.6. The molecule has 0 unspecified atom stereocenters. The average molecular weight is 821 g/mol. The summed E-state index contributed by atoms with van der Waals surface area (Å²) in [4.78, 5) is 16.1. The largest absolute Gasteiger partial charge is 0.306 e. The van der Waals surface area contributed by atoms with Gasteiger partial charge >= 0.3 is 0 Å². The van der Waals surface area contributed by atoms with Crippen molar-refractivity contribution in [3.8, 4) is 22.3 Å². The van der Waals surface area contributed by atoms with Crippen LogP contribution in [-0.4, -0.2) is 60.0 Å². The van der Waals surface area contributed by atoms with Crippen molar-refractivity contribution in [1.82, 2.24) is 19.8 Å². The van der Waals surface area contributed by atoms with E-state index in [1.54, 1.807) is 0 Å². The molecule has 300 valence electrons. The molecule has 9 rings (SSSR count). The van der Waals surface area contributed by atoms with Crippen LogP contribution in [0.2, 0.25) is 0 Å². The Morgan fingerprint density at radius 3 is 1.20 bits per heavy atom. The Balaban J connectivity index is 1.33. The lowest BCUT2D eigenvalue weighted by Gasteiger charge is -2.25. The lowest BCUT2D eigenvalue weighted by molar-refractivity contribution is 0.343. The summed E-state index contributed by atoms with van der Waals surface area (Å²) in [6.07, 6.45) is 27.3. The molecule has 6 heteroatoms. The molecule has 10 radical (unpaired) electrons. The molecule has 2 aliphatic carbocycles. The van der Waals surface area contributed by atoms with Crippen LogP contribution in [0.25, 0.3) is 65.4 Å². The van der Waals surface area contributed by atoms with Crippen LogP contribution in [0.1, 0.15) is 73.4 Å². The molecule has 2 saturated carbocycles. The summed E-state index contributed by atoms with van der Waals surface area (Å²) in [5, 5.41) is 0. The first kappa shape index (κ1) is 41.2. The molecule has 60 heavy (non-hydrogen) atoms. The van der Waals surface area contributed by atoms with E-state index in [0.29, 0.717) is 0 Å². The Morgan fingerprint density at radius 2 is 0.817 bits per heavy atom. The van der Waals surface area contributed by atoms with Crippen LogP contribution in [-0.2, 0) is 0 Å². The van der Waals surface area contributed by atoms with E-state index in [1.165, 1.54) is 79.3 Å². The minimum atomic E-state index is 0.886. The van der Waals surface area contributed by atoms with E-state index in [4.69, 9.17) is 9.97 Å². The number of fused-ring (bicyclic) bond motifs is 8. The van der Waals surface area contributed by atoms with E-state index in [1.807, 2.05) is 22.7 Å². The lowest BCUT2D eigenvalue weighted by atomic mass is 9.87. The molecule has 0 amide bonds. The second kappa shape index (κ2) is 18.8. The summed E-state index contributed by atoms with van der Waals surface area (Å²) in [6.45, 7) is 8.45. The van der Waals surface area contributed by atoms with Gasteiger partial charge in [0, 0.05) is 77.8 Å². The van der Waals surface area contributed by atoms with Crippen LogP contribution in [0.5, 0.6) is 0 Å². The van der Waals surface area contributed by atoms with E-state index in [2.05, 4.69) is 186 Å². The molecule has 4 nitrogen and oxygen atoms in total. The third-order valence-corrected chi connectivity index (χ3v) is 13.9. The number of nitrogens with zero attached hydrogens (tertiary/aromatic N) is 4. The first-order valence-electron chi connectivity index (χ1n) is 21.4. The van der Waals surface area contributed by atoms with Crippen molar-refractivity contribution in [2.75, 3.05) is 40.3 Å². The van der Waals surface area contributed by atoms with Crippen molar-refractivity contribution in [1.29, 1.82) is 0 Å². The first-order chi connectivity index (χ1) is 29.5. The maximum atomic E-state index is 5.60. The maximum absolute atomic E-state index is 5.60. The number of rotatable bonds is 14. The molecule has 0 N–H and O–H groups in total. The molecule has 4 aliphatic rings. The number of hydrogen-bond acceptors (Lipinski definition) is 6. The monoisotopic (exact) mass is 820 g/mol. The molecular weight excluding hydrogens is 769 g/mol. The molecule has 3 aromatic heterocycles. The fraction of sp³-hybridized carbons (Fsp3) is 0.222. The van der Waals surface area contributed by atoms with Crippen molar-refractivity contribution in [3.63, 3.8) is 0 Å². The molecule has 5 heterocycles. The summed E-state index contributed by atoms with van der Waals surface area (Å²) < 4.78 is 4.78. The highest BCUT2D eigenvalue weighted by molar-refractivity contribution is 7.24. The second-order valence-corrected chi connectivity index (χ2v) is 18.3. The van der Waals surface area contributed by atoms with Crippen molar-refractivity contribution in [2.24, 2.45) is 0 Å². The Morgan fingerprint density at radius 1 is 0.450 bits per heavy atom. The van der Waals surface area contributed by atoms with Gasteiger partial charge in [-0.3, -0.25) is 0 Å². The molecule has 0 spiro atoms. The zero-order chi connectivity index (χ0) is 41.0. The Kier molecular flexibility index (Phi) is 12.9. The van der Waals surface area contributed by atoms with E-state index in [9.17, 15) is 0 Å². The third kappa shape index (κ3) is 8.63. The quantitative estimate of drug-likeness (QED) is 0.109. The van der Waals surface area contributed by atoms with Gasteiger partial charge in [0.05, 0.1) is 22.8 Å². The Bertz CT molecular complexity index is 2330. The fourth-order valence-electron chi connectivity index (χ4n) is 8.60. The number of thiophene rings is 2. The summed E-state index contributed by atoms with van der Waals surface area (Å²) in [7, 11) is 4.49. The SMILES string of the molecule is CCCCN(C)C[C]1[CH][CH][CH][C]1c1c2nc(c(-c3ccccc3)c3ccc(s3)c(-c3ccccc3)c3nc(c([C]4[CH][CH][CH][C]4CN(C)CCCC)c4ccc1s4)C=C3)C=C2. The van der Waals surface area contributed by atoms with Crippen molar-refractivity contribution >= 4 is 65.8 Å². The second-order valence-electron chi connectivity index (χ2n) is 16.1. The zero-order valence-electron chi connectivity index (χ0n) is 35.1. The Hall–Kier alpha value is -4.20. The van der Waals surface area contributed by atoms with Gasteiger partial charge in [0.25, 0.3) is 0 Å². The smallest absolute Gasteiger partial charge is 0.0730 e. The van der Waals surface area contributed by atoms with Crippen LogP contribution in [0.3, 0.4) is 0 Å². The summed E-state index contributed by atoms with van der Waals surface area (Å²) in [5.41, 5.74) is 10.9. The molecule has 2 fully saturated rings. The standard InChI is InChI=1S/C54H52N4S2/c1-5-7-33-57(3)35-39-21-15-23-41(39)53-45-27-25-43(55-45)51(37-17-11-9-12-18-37)47-29-30-48(59-47)52(38-19-13-10-14-20-38)44-26-28-46(56-44)54(50-32-31-49(53)60-50)42-24-16-22-40(42)36-58(4)34-8-6-2/h9-32H,5-8,33-36H2,1-4H3. The van der Waals surface area contributed by atoms with Crippen LogP contribution in [0.4, 0.5) is 0 Å². The fourth-order valence-corrected chi connectivity index (χ4v) is 10.9. The number of aromatic nitrogens is 2. The molecule has 2 aromatic carbocycles. The number of unbranched alkanes of at least 4 members (excludes halogenated alkanes) is 2. The predicted octanol–water partition coefficient (Wildman–Crippen LogP) is 13.2. The van der Waals surface area contributed by atoms with Gasteiger partial charge in [-0.25, -0.2) is 9.97 Å². The highest BCUT2D eigenvalue weighted by Gasteiger charge is 2.36. The minimum absolute atomic E-state index is 0.886. The van der Waals surface area contributed by atoms with Crippen molar-refractivity contribution in [2.45, 2.75) is 39.5 Å². The van der Waals surface area contributed by atoms with Crippen molar-refractivity contribution in [3.05, 3.63) is 181 Å². The summed E-state index contributed by atoms with van der Waals surface area (Å²) in [5.74, 6) is 5.16. The molecule has 0 atom stereocenters. The molecular formula is C54H52N4S2. The summed E-state index contributed by atoms with van der Waals surface area (Å²) >= 11 is 3.68. The Labute approximate surface area is 366 Å². The van der Waals surface area contributed by atoms with E-state index in [0.717, 1.165) is 71.2 Å². The predicted molar refractivity (Wildman–Crippen MR) is 259 cm³/mol. The highest BCUT2D eigenvalue weighted by Crippen LogP contribution is 2.48. The molecule has 5 aromatic rings. The van der Waals surface area contributed by atoms with Gasteiger partial charge in [-0.2, -0.15) is 0 Å². The van der Waals surface area contributed by atoms with Crippen LogP contribution < -0.4 is 0 Å². The van der Waals surface area contributed by atoms with Gasteiger partial charge in [0.15, 0.2) is 0 Å². The van der Waals surface area contributed by atoms with E-state index in [-0.39, 0.29) is 0 Å². The van der Waals surface area contributed by atoms with Gasteiger partial charge in [-0.1, -0.05) is 87.4 Å². The minimum Gasteiger partial charge on any atom is -0.306 e. The lowest BCUT2D eigenvalue weighted by Crippen LogP contribution is -2.27. The normalized spacial score (nSPS) is 16.4. The topological polar surface area (TPSA) is 32.3 Å². The zero-order valence-corrected chi connectivity index (χ0v) is 36.8. The van der Waals surface area contributed by atoms with Gasteiger partial charge in [0.2, 0.25) is 0 Å². The van der Waals surface area contributed by atoms with Gasteiger partial charge in [-0.05, 0) is 138 Å². The number of hydrogen-bond donors (Lipinski definition) is 0. The van der Waals surface area contributed by atoms with Gasteiger partial charge in [0.1, 0.15) is 0 Å². The average Bonchev–Trinajstić information content (AvgIpc) is 4.13. The number of benzene rings is 2. The maximum Gasteiger partial charge on any atom is 0.0730 e. The van der Waals surface area contributed by atoms with Crippen molar-refractivity contribution < 1.29 is 0 Å².